The highest BCUT2D eigenvalue weighted by molar-refractivity contribution is 9.10. The second-order valence-corrected chi connectivity index (χ2v) is 9.54. The lowest BCUT2D eigenvalue weighted by Crippen LogP contribution is -2.49. The van der Waals surface area contributed by atoms with Crippen LogP contribution < -0.4 is 0 Å². The van der Waals surface area contributed by atoms with E-state index in [0.717, 1.165) is 0 Å². The first-order valence-electron chi connectivity index (χ1n) is 9.15. The van der Waals surface area contributed by atoms with Gasteiger partial charge in [-0.25, -0.2) is 17.6 Å². The number of sulfonamides is 1. The average Bonchev–Trinajstić information content (AvgIpc) is 2.73. The maximum Gasteiger partial charge on any atom is 0.338 e. The van der Waals surface area contributed by atoms with Crippen molar-refractivity contribution in [2.24, 2.45) is 0 Å². The molecule has 1 fully saturated rings. The molecule has 0 N–H and O–H groups in total. The van der Waals surface area contributed by atoms with Crippen LogP contribution in [-0.2, 0) is 26.2 Å². The zero-order valence-electron chi connectivity index (χ0n) is 16.2. The Kier molecular flexibility index (Phi) is 6.89. The van der Waals surface area contributed by atoms with Crippen molar-refractivity contribution in [2.45, 2.75) is 18.4 Å². The fourth-order valence-corrected chi connectivity index (χ4v) is 4.91. The van der Waals surface area contributed by atoms with Crippen molar-refractivity contribution in [1.82, 2.24) is 9.21 Å². The standard InChI is InChI=1S/C20H20BrFN2O5S/c1-14(25)23-8-10-24(11-9-23)30(27,28)18-6-3-15(4-7-18)20(26)29-13-16-2-5-17(22)12-19(16)21/h2-7,12H,8-11,13H2,1H3. The highest BCUT2D eigenvalue weighted by atomic mass is 79.9. The van der Waals surface area contributed by atoms with Crippen LogP contribution in [0.2, 0.25) is 0 Å². The summed E-state index contributed by atoms with van der Waals surface area (Å²) in [5.41, 5.74) is 0.808. The van der Waals surface area contributed by atoms with Crippen LogP contribution in [-0.4, -0.2) is 55.7 Å². The fourth-order valence-electron chi connectivity index (χ4n) is 3.02. The molecule has 0 spiro atoms. The highest BCUT2D eigenvalue weighted by Crippen LogP contribution is 2.21. The van der Waals surface area contributed by atoms with Crippen LogP contribution in [0.1, 0.15) is 22.8 Å². The molecule has 0 saturated carbocycles. The summed E-state index contributed by atoms with van der Waals surface area (Å²) < 4.78 is 45.7. The molecule has 160 valence electrons. The SMILES string of the molecule is CC(=O)N1CCN(S(=O)(=O)c2ccc(C(=O)OCc3ccc(F)cc3Br)cc2)CC1. The molecule has 1 aliphatic rings. The van der Waals surface area contributed by atoms with Gasteiger partial charge < -0.3 is 9.64 Å². The monoisotopic (exact) mass is 498 g/mol. The molecule has 3 rings (SSSR count). The van der Waals surface area contributed by atoms with Gasteiger partial charge in [-0.15, -0.1) is 0 Å². The molecular formula is C20H20BrFN2O5S. The number of carbonyl (C=O) groups is 2. The van der Waals surface area contributed by atoms with Crippen LogP contribution in [0.5, 0.6) is 0 Å². The van der Waals surface area contributed by atoms with Crippen LogP contribution in [0.3, 0.4) is 0 Å². The van der Waals surface area contributed by atoms with E-state index in [1.807, 2.05) is 0 Å². The molecule has 0 aromatic heterocycles. The second-order valence-electron chi connectivity index (χ2n) is 6.75. The molecule has 0 atom stereocenters. The topological polar surface area (TPSA) is 84.0 Å². The first kappa shape index (κ1) is 22.4. The highest BCUT2D eigenvalue weighted by Gasteiger charge is 2.29. The van der Waals surface area contributed by atoms with Gasteiger partial charge in [-0.3, -0.25) is 4.79 Å². The predicted octanol–water partition coefficient (Wildman–Crippen LogP) is 2.80. The van der Waals surface area contributed by atoms with Crippen LogP contribution in [0.25, 0.3) is 0 Å². The maximum absolute atomic E-state index is 13.1. The van der Waals surface area contributed by atoms with Crippen LogP contribution in [0, 0.1) is 5.82 Å². The first-order chi connectivity index (χ1) is 14.2. The summed E-state index contributed by atoms with van der Waals surface area (Å²) >= 11 is 3.21. The molecule has 1 amide bonds. The minimum atomic E-state index is -3.72. The van der Waals surface area contributed by atoms with E-state index in [9.17, 15) is 22.4 Å². The van der Waals surface area contributed by atoms with Gasteiger partial charge >= 0.3 is 5.97 Å². The summed E-state index contributed by atoms with van der Waals surface area (Å²) in [5.74, 6) is -1.11. The summed E-state index contributed by atoms with van der Waals surface area (Å²) in [6.45, 7) is 2.53. The Bertz CT molecular complexity index is 1050. The molecule has 7 nitrogen and oxygen atoms in total. The molecule has 0 aliphatic carbocycles. The van der Waals surface area contributed by atoms with E-state index in [2.05, 4.69) is 15.9 Å². The Hall–Kier alpha value is -2.30. The quantitative estimate of drug-likeness (QED) is 0.591. The molecule has 30 heavy (non-hydrogen) atoms. The van der Waals surface area contributed by atoms with Crippen molar-refractivity contribution < 1.29 is 27.1 Å². The lowest BCUT2D eigenvalue weighted by molar-refractivity contribution is -0.129. The van der Waals surface area contributed by atoms with Gasteiger partial charge in [-0.05, 0) is 36.4 Å². The van der Waals surface area contributed by atoms with E-state index in [4.69, 9.17) is 4.74 Å². The summed E-state index contributed by atoms with van der Waals surface area (Å²) in [4.78, 5) is 25.3. The molecule has 1 aliphatic heterocycles. The summed E-state index contributed by atoms with van der Waals surface area (Å²) in [6, 6.07) is 9.55. The summed E-state index contributed by atoms with van der Waals surface area (Å²) in [6.07, 6.45) is 0. The number of hydrogen-bond acceptors (Lipinski definition) is 5. The van der Waals surface area contributed by atoms with Crippen molar-refractivity contribution in [3.05, 3.63) is 63.9 Å². The van der Waals surface area contributed by atoms with E-state index < -0.39 is 21.8 Å². The van der Waals surface area contributed by atoms with Crippen molar-refractivity contribution in [2.75, 3.05) is 26.2 Å². The Labute approximate surface area is 182 Å². The maximum atomic E-state index is 13.1. The number of piperazine rings is 1. The van der Waals surface area contributed by atoms with E-state index >= 15 is 0 Å². The number of amides is 1. The van der Waals surface area contributed by atoms with Gasteiger partial charge in [-0.2, -0.15) is 4.31 Å². The zero-order valence-corrected chi connectivity index (χ0v) is 18.6. The molecule has 10 heteroatoms. The number of nitrogens with zero attached hydrogens (tertiary/aromatic N) is 2. The second kappa shape index (κ2) is 9.23. The molecule has 0 unspecified atom stereocenters. The lowest BCUT2D eigenvalue weighted by atomic mass is 10.2. The minimum Gasteiger partial charge on any atom is -0.457 e. The Morgan fingerprint density at radius 3 is 2.27 bits per heavy atom. The van der Waals surface area contributed by atoms with Gasteiger partial charge in [0.05, 0.1) is 10.5 Å². The number of carbonyl (C=O) groups excluding carboxylic acids is 2. The van der Waals surface area contributed by atoms with Crippen molar-refractivity contribution in [3.63, 3.8) is 0 Å². The molecule has 0 radical (unpaired) electrons. The number of rotatable bonds is 5. The molecule has 1 saturated heterocycles. The molecular weight excluding hydrogens is 479 g/mol. The van der Waals surface area contributed by atoms with Gasteiger partial charge in [-0.1, -0.05) is 22.0 Å². The van der Waals surface area contributed by atoms with E-state index in [1.54, 1.807) is 4.90 Å². The van der Waals surface area contributed by atoms with Crippen molar-refractivity contribution >= 4 is 37.8 Å². The van der Waals surface area contributed by atoms with E-state index in [-0.39, 0.29) is 36.1 Å². The zero-order chi connectivity index (χ0) is 21.9. The fraction of sp³-hybridized carbons (Fsp3) is 0.300. The Morgan fingerprint density at radius 2 is 1.70 bits per heavy atom. The Morgan fingerprint density at radius 1 is 1.07 bits per heavy atom. The molecule has 2 aromatic rings. The number of halogens is 2. The predicted molar refractivity (Wildman–Crippen MR) is 111 cm³/mol. The summed E-state index contributed by atoms with van der Waals surface area (Å²) in [7, 11) is -3.72. The van der Waals surface area contributed by atoms with Gasteiger partial charge in [0.1, 0.15) is 12.4 Å². The smallest absolute Gasteiger partial charge is 0.338 e. The third-order valence-corrected chi connectivity index (χ3v) is 7.44. The lowest BCUT2D eigenvalue weighted by Gasteiger charge is -2.33. The molecule has 2 aromatic carbocycles. The average molecular weight is 499 g/mol. The number of benzene rings is 2. The van der Waals surface area contributed by atoms with Crippen LogP contribution in [0.15, 0.2) is 51.8 Å². The van der Waals surface area contributed by atoms with Gasteiger partial charge in [0.25, 0.3) is 0 Å². The number of ether oxygens (including phenoxy) is 1. The molecule has 0 bridgehead atoms. The summed E-state index contributed by atoms with van der Waals surface area (Å²) in [5, 5.41) is 0. The third kappa shape index (κ3) is 5.05. The van der Waals surface area contributed by atoms with E-state index in [0.29, 0.717) is 23.1 Å². The minimum absolute atomic E-state index is 0.0554. The Balaban J connectivity index is 1.63. The van der Waals surface area contributed by atoms with Crippen molar-refractivity contribution in [3.8, 4) is 0 Å². The number of esters is 1. The van der Waals surface area contributed by atoms with Crippen LogP contribution >= 0.6 is 15.9 Å². The third-order valence-electron chi connectivity index (χ3n) is 4.79. The van der Waals surface area contributed by atoms with Gasteiger partial charge in [0.15, 0.2) is 0 Å². The first-order valence-corrected chi connectivity index (χ1v) is 11.4. The normalized spacial score (nSPS) is 15.1. The van der Waals surface area contributed by atoms with Crippen molar-refractivity contribution in [1.29, 1.82) is 0 Å². The molecule has 1 heterocycles. The van der Waals surface area contributed by atoms with Gasteiger partial charge in [0.2, 0.25) is 15.9 Å². The van der Waals surface area contributed by atoms with Gasteiger partial charge in [0, 0.05) is 43.1 Å². The number of hydrogen-bond donors (Lipinski definition) is 0. The van der Waals surface area contributed by atoms with E-state index in [1.165, 1.54) is 53.7 Å². The largest absolute Gasteiger partial charge is 0.457 e. The van der Waals surface area contributed by atoms with Crippen LogP contribution in [0.4, 0.5) is 4.39 Å².